The van der Waals surface area contributed by atoms with Crippen LogP contribution in [0.2, 0.25) is 0 Å². The predicted octanol–water partition coefficient (Wildman–Crippen LogP) is 2.39. The molecule has 0 fully saturated rings. The Bertz CT molecular complexity index is 287. The molecule has 0 unspecified atom stereocenters. The molecule has 1 aromatic rings. The van der Waals surface area contributed by atoms with Crippen molar-refractivity contribution in [3.8, 4) is 6.07 Å². The summed E-state index contributed by atoms with van der Waals surface area (Å²) in [7, 11) is 0. The van der Waals surface area contributed by atoms with Crippen molar-refractivity contribution in [1.29, 1.82) is 5.26 Å². The van der Waals surface area contributed by atoms with E-state index in [9.17, 15) is 0 Å². The molecule has 0 aromatic heterocycles. The summed E-state index contributed by atoms with van der Waals surface area (Å²) in [5.41, 5.74) is 7.58. The second-order valence-corrected chi connectivity index (χ2v) is 2.75. The van der Waals surface area contributed by atoms with Gasteiger partial charge in [-0.3, -0.25) is 0 Å². The van der Waals surface area contributed by atoms with Gasteiger partial charge in [-0.05, 0) is 24.1 Å². The van der Waals surface area contributed by atoms with E-state index in [1.54, 1.807) is 12.1 Å². The number of hydrogen-bond donors (Lipinski definition) is 1. The zero-order valence-electron chi connectivity index (χ0n) is 7.53. The smallest absolute Gasteiger partial charge is 0.0991 e. The lowest BCUT2D eigenvalue weighted by Crippen LogP contribution is -2.08. The molecule has 0 radical (unpaired) electrons. The number of nitrogens with two attached hydrogens (primary N) is 1. The number of rotatable bonds is 2. The third-order valence-corrected chi connectivity index (χ3v) is 1.91. The van der Waals surface area contributed by atoms with E-state index in [0.29, 0.717) is 5.56 Å². The normalized spacial score (nSPS) is 11.2. The molecule has 0 heterocycles. The van der Waals surface area contributed by atoms with Gasteiger partial charge < -0.3 is 5.73 Å². The number of benzene rings is 1. The Morgan fingerprint density at radius 3 is 2.31 bits per heavy atom. The summed E-state index contributed by atoms with van der Waals surface area (Å²) >= 11 is 0. The number of halogens is 1. The van der Waals surface area contributed by atoms with Gasteiger partial charge in [0.15, 0.2) is 0 Å². The molecule has 0 aliphatic rings. The first-order valence-corrected chi connectivity index (χ1v) is 4.03. The summed E-state index contributed by atoms with van der Waals surface area (Å²) in [6.07, 6.45) is 0.923. The van der Waals surface area contributed by atoms with Crippen molar-refractivity contribution in [2.45, 2.75) is 19.4 Å². The van der Waals surface area contributed by atoms with Gasteiger partial charge >= 0.3 is 0 Å². The Hall–Kier alpha value is -1.04. The molecule has 0 aliphatic heterocycles. The summed E-state index contributed by atoms with van der Waals surface area (Å²) in [5, 5.41) is 8.54. The van der Waals surface area contributed by atoms with Gasteiger partial charge in [-0.1, -0.05) is 19.1 Å². The molecule has 1 atom stereocenters. The average molecular weight is 197 g/mol. The Balaban J connectivity index is 0.00000144. The van der Waals surface area contributed by atoms with Crippen LogP contribution in [0.15, 0.2) is 24.3 Å². The van der Waals surface area contributed by atoms with E-state index in [2.05, 4.69) is 6.07 Å². The minimum absolute atomic E-state index is 0. The van der Waals surface area contributed by atoms with Crippen molar-refractivity contribution in [2.75, 3.05) is 0 Å². The molecular weight excluding hydrogens is 184 g/mol. The van der Waals surface area contributed by atoms with E-state index in [1.165, 1.54) is 0 Å². The SMILES string of the molecule is CC[C@H](N)c1ccc(C#N)cc1.Cl. The monoisotopic (exact) mass is 196 g/mol. The fourth-order valence-electron chi connectivity index (χ4n) is 1.04. The first-order valence-electron chi connectivity index (χ1n) is 4.03. The van der Waals surface area contributed by atoms with E-state index >= 15 is 0 Å². The third-order valence-electron chi connectivity index (χ3n) is 1.91. The molecular formula is C10H13ClN2. The molecule has 0 aliphatic carbocycles. The Labute approximate surface area is 84.8 Å². The maximum Gasteiger partial charge on any atom is 0.0991 e. The van der Waals surface area contributed by atoms with Gasteiger partial charge in [0.05, 0.1) is 11.6 Å². The first kappa shape index (κ1) is 12.0. The Kier molecular flexibility index (Phi) is 5.13. The molecule has 0 saturated heterocycles. The van der Waals surface area contributed by atoms with Crippen LogP contribution in [-0.4, -0.2) is 0 Å². The molecule has 70 valence electrons. The highest BCUT2D eigenvalue weighted by molar-refractivity contribution is 5.85. The molecule has 1 rings (SSSR count). The van der Waals surface area contributed by atoms with Crippen LogP contribution in [0.4, 0.5) is 0 Å². The average Bonchev–Trinajstić information content (AvgIpc) is 2.17. The van der Waals surface area contributed by atoms with Crippen LogP contribution in [0.25, 0.3) is 0 Å². The lowest BCUT2D eigenvalue weighted by atomic mass is 10.0. The van der Waals surface area contributed by atoms with Gasteiger partial charge in [0.2, 0.25) is 0 Å². The van der Waals surface area contributed by atoms with Crippen molar-refractivity contribution in [3.05, 3.63) is 35.4 Å². The summed E-state index contributed by atoms with van der Waals surface area (Å²) in [5.74, 6) is 0. The van der Waals surface area contributed by atoms with Crippen molar-refractivity contribution in [3.63, 3.8) is 0 Å². The van der Waals surface area contributed by atoms with E-state index in [-0.39, 0.29) is 18.4 Å². The van der Waals surface area contributed by atoms with Crippen LogP contribution < -0.4 is 5.73 Å². The molecule has 0 amide bonds. The summed E-state index contributed by atoms with van der Waals surface area (Å²) in [6.45, 7) is 2.04. The molecule has 0 bridgehead atoms. The van der Waals surface area contributed by atoms with Crippen LogP contribution in [0.5, 0.6) is 0 Å². The van der Waals surface area contributed by atoms with Gasteiger partial charge in [0.1, 0.15) is 0 Å². The molecule has 13 heavy (non-hydrogen) atoms. The number of hydrogen-bond acceptors (Lipinski definition) is 2. The second-order valence-electron chi connectivity index (χ2n) is 2.75. The van der Waals surface area contributed by atoms with Crippen molar-refractivity contribution < 1.29 is 0 Å². The number of nitrogens with zero attached hydrogens (tertiary/aromatic N) is 1. The number of nitriles is 1. The Morgan fingerprint density at radius 1 is 1.38 bits per heavy atom. The highest BCUT2D eigenvalue weighted by atomic mass is 35.5. The quantitative estimate of drug-likeness (QED) is 0.790. The fourth-order valence-corrected chi connectivity index (χ4v) is 1.04. The lowest BCUT2D eigenvalue weighted by Gasteiger charge is -2.07. The minimum Gasteiger partial charge on any atom is -0.324 e. The maximum absolute atomic E-state index is 8.54. The third kappa shape index (κ3) is 3.06. The van der Waals surface area contributed by atoms with Crippen molar-refractivity contribution in [1.82, 2.24) is 0 Å². The molecule has 2 N–H and O–H groups in total. The van der Waals surface area contributed by atoms with Gasteiger partial charge in [0.25, 0.3) is 0 Å². The highest BCUT2D eigenvalue weighted by Gasteiger charge is 2.01. The topological polar surface area (TPSA) is 49.8 Å². The van der Waals surface area contributed by atoms with Crippen LogP contribution >= 0.6 is 12.4 Å². The lowest BCUT2D eigenvalue weighted by molar-refractivity contribution is 0.698. The summed E-state index contributed by atoms with van der Waals surface area (Å²) in [4.78, 5) is 0. The van der Waals surface area contributed by atoms with Crippen LogP contribution in [-0.2, 0) is 0 Å². The van der Waals surface area contributed by atoms with Crippen LogP contribution in [0.1, 0.15) is 30.5 Å². The van der Waals surface area contributed by atoms with Gasteiger partial charge in [-0.25, -0.2) is 0 Å². The molecule has 2 nitrogen and oxygen atoms in total. The second kappa shape index (κ2) is 5.58. The fraction of sp³-hybridized carbons (Fsp3) is 0.300. The molecule has 0 spiro atoms. The molecule has 0 saturated carbocycles. The zero-order chi connectivity index (χ0) is 8.97. The van der Waals surface area contributed by atoms with Gasteiger partial charge in [-0.15, -0.1) is 12.4 Å². The minimum atomic E-state index is 0. The maximum atomic E-state index is 8.54. The molecule has 3 heteroatoms. The van der Waals surface area contributed by atoms with E-state index in [4.69, 9.17) is 11.0 Å². The van der Waals surface area contributed by atoms with Crippen LogP contribution in [0, 0.1) is 11.3 Å². The first-order chi connectivity index (χ1) is 5.77. The van der Waals surface area contributed by atoms with Gasteiger partial charge in [0, 0.05) is 6.04 Å². The summed E-state index contributed by atoms with van der Waals surface area (Å²) in [6, 6.07) is 9.58. The zero-order valence-corrected chi connectivity index (χ0v) is 8.34. The van der Waals surface area contributed by atoms with E-state index < -0.39 is 0 Å². The Morgan fingerprint density at radius 2 is 1.92 bits per heavy atom. The van der Waals surface area contributed by atoms with Crippen LogP contribution in [0.3, 0.4) is 0 Å². The highest BCUT2D eigenvalue weighted by Crippen LogP contribution is 2.13. The van der Waals surface area contributed by atoms with Gasteiger partial charge in [-0.2, -0.15) is 5.26 Å². The largest absolute Gasteiger partial charge is 0.324 e. The van der Waals surface area contributed by atoms with E-state index in [1.807, 2.05) is 19.1 Å². The summed E-state index contributed by atoms with van der Waals surface area (Å²) < 4.78 is 0. The van der Waals surface area contributed by atoms with Crippen molar-refractivity contribution in [2.24, 2.45) is 5.73 Å². The molecule has 1 aromatic carbocycles. The van der Waals surface area contributed by atoms with Crippen molar-refractivity contribution >= 4 is 12.4 Å². The predicted molar refractivity (Wildman–Crippen MR) is 55.6 cm³/mol. The van der Waals surface area contributed by atoms with E-state index in [0.717, 1.165) is 12.0 Å². The standard InChI is InChI=1S/C10H12N2.ClH/c1-2-10(12)9-5-3-8(7-11)4-6-9;/h3-6,10H,2,12H2,1H3;1H/t10-;/m0./s1.